The van der Waals surface area contributed by atoms with Crippen molar-refractivity contribution in [2.75, 3.05) is 0 Å². The molecule has 0 radical (unpaired) electrons. The highest BCUT2D eigenvalue weighted by molar-refractivity contribution is 7.89. The Labute approximate surface area is 189 Å². The quantitative estimate of drug-likeness (QED) is 0.423. The van der Waals surface area contributed by atoms with E-state index in [0.717, 1.165) is 11.3 Å². The topological polar surface area (TPSA) is 87.2 Å². The number of aromatic nitrogens is 2. The molecule has 4 aromatic rings. The summed E-state index contributed by atoms with van der Waals surface area (Å²) >= 11 is 11.9. The molecule has 1 heterocycles. The summed E-state index contributed by atoms with van der Waals surface area (Å²) in [6.45, 7) is 0.241. The van der Waals surface area contributed by atoms with Gasteiger partial charge in [0.05, 0.1) is 10.6 Å². The Balaban J connectivity index is 1.70. The van der Waals surface area contributed by atoms with Crippen molar-refractivity contribution >= 4 is 33.2 Å². The molecule has 0 aliphatic rings. The second-order valence-corrected chi connectivity index (χ2v) is 9.15. The number of imidazole rings is 1. The molecule has 0 aliphatic heterocycles. The van der Waals surface area contributed by atoms with Crippen molar-refractivity contribution in [1.82, 2.24) is 9.55 Å². The molecule has 158 valence electrons. The maximum atomic E-state index is 11.6. The van der Waals surface area contributed by atoms with Gasteiger partial charge in [-0.3, -0.25) is 4.57 Å². The first-order valence-corrected chi connectivity index (χ1v) is 11.5. The normalized spacial score (nSPS) is 11.5. The van der Waals surface area contributed by atoms with Crippen LogP contribution in [0.15, 0.2) is 83.9 Å². The number of primary sulfonamides is 1. The summed E-state index contributed by atoms with van der Waals surface area (Å²) in [5.74, 6) is 1.33. The fraction of sp³-hybridized carbons (Fsp3) is 0.0455. The third-order valence-corrected chi connectivity index (χ3v) is 5.94. The molecule has 0 bridgehead atoms. The van der Waals surface area contributed by atoms with E-state index < -0.39 is 10.0 Å². The molecule has 0 unspecified atom stereocenters. The largest absolute Gasteiger partial charge is 0.487 e. The second-order valence-electron chi connectivity index (χ2n) is 6.71. The molecule has 0 aliphatic carbocycles. The lowest BCUT2D eigenvalue weighted by molar-refractivity contribution is 0.302. The number of halogens is 2. The van der Waals surface area contributed by atoms with Gasteiger partial charge in [0.2, 0.25) is 10.0 Å². The first-order chi connectivity index (χ1) is 14.8. The first kappa shape index (κ1) is 21.4. The molecule has 31 heavy (non-hydrogen) atoms. The molecule has 1 aromatic heterocycles. The molecule has 2 N–H and O–H groups in total. The van der Waals surface area contributed by atoms with E-state index in [0.29, 0.717) is 27.3 Å². The predicted molar refractivity (Wildman–Crippen MR) is 121 cm³/mol. The van der Waals surface area contributed by atoms with Crippen molar-refractivity contribution in [2.24, 2.45) is 5.14 Å². The third-order valence-electron chi connectivity index (χ3n) is 4.50. The van der Waals surface area contributed by atoms with Crippen molar-refractivity contribution in [3.63, 3.8) is 0 Å². The van der Waals surface area contributed by atoms with E-state index in [1.54, 1.807) is 48.5 Å². The zero-order valence-electron chi connectivity index (χ0n) is 16.1. The van der Waals surface area contributed by atoms with Gasteiger partial charge in [0, 0.05) is 27.5 Å². The van der Waals surface area contributed by atoms with Crippen LogP contribution in [0.4, 0.5) is 0 Å². The number of hydrogen-bond donors (Lipinski definition) is 1. The van der Waals surface area contributed by atoms with Gasteiger partial charge in [0.25, 0.3) is 0 Å². The van der Waals surface area contributed by atoms with E-state index >= 15 is 0 Å². The number of hydrogen-bond acceptors (Lipinski definition) is 4. The Bertz CT molecular complexity index is 1300. The van der Waals surface area contributed by atoms with E-state index in [1.807, 2.05) is 22.9 Å². The SMILES string of the molecule is NS(=O)(=O)c1ccc(-n2cc(COc3ccc(Cl)cc3)nc2-c2ccc(Cl)cc2)cc1. The molecule has 0 spiro atoms. The van der Waals surface area contributed by atoms with Gasteiger partial charge in [-0.05, 0) is 72.8 Å². The fourth-order valence-electron chi connectivity index (χ4n) is 2.98. The van der Waals surface area contributed by atoms with Crippen LogP contribution in [0.2, 0.25) is 10.0 Å². The highest BCUT2D eigenvalue weighted by Crippen LogP contribution is 2.26. The van der Waals surface area contributed by atoms with Gasteiger partial charge in [-0.2, -0.15) is 0 Å². The van der Waals surface area contributed by atoms with Gasteiger partial charge in [-0.25, -0.2) is 18.5 Å². The van der Waals surface area contributed by atoms with Gasteiger partial charge in [-0.15, -0.1) is 0 Å². The molecular weight excluding hydrogens is 457 g/mol. The second kappa shape index (κ2) is 8.72. The maximum absolute atomic E-state index is 11.6. The molecule has 0 atom stereocenters. The van der Waals surface area contributed by atoms with E-state index in [4.69, 9.17) is 38.1 Å². The van der Waals surface area contributed by atoms with Crippen LogP contribution < -0.4 is 9.88 Å². The Morgan fingerprint density at radius 1 is 0.871 bits per heavy atom. The minimum absolute atomic E-state index is 0.0377. The zero-order valence-corrected chi connectivity index (χ0v) is 18.4. The summed E-state index contributed by atoms with van der Waals surface area (Å²) in [7, 11) is -3.77. The lowest BCUT2D eigenvalue weighted by Crippen LogP contribution is -2.12. The highest BCUT2D eigenvalue weighted by Gasteiger charge is 2.14. The summed E-state index contributed by atoms with van der Waals surface area (Å²) in [4.78, 5) is 4.75. The van der Waals surface area contributed by atoms with Crippen LogP contribution in [0.25, 0.3) is 17.1 Å². The molecule has 0 saturated carbocycles. The first-order valence-electron chi connectivity index (χ1n) is 9.15. The third kappa shape index (κ3) is 5.08. The van der Waals surface area contributed by atoms with Gasteiger partial charge in [-0.1, -0.05) is 23.2 Å². The van der Waals surface area contributed by atoms with E-state index in [-0.39, 0.29) is 11.5 Å². The summed E-state index contributed by atoms with van der Waals surface area (Å²) in [6.07, 6.45) is 1.84. The minimum Gasteiger partial charge on any atom is -0.487 e. The molecule has 6 nitrogen and oxygen atoms in total. The van der Waals surface area contributed by atoms with Gasteiger partial charge < -0.3 is 4.74 Å². The minimum atomic E-state index is -3.77. The molecule has 3 aromatic carbocycles. The van der Waals surface area contributed by atoms with Crippen LogP contribution in [0.1, 0.15) is 5.69 Å². The number of ether oxygens (including phenoxy) is 1. The summed E-state index contributed by atoms with van der Waals surface area (Å²) in [5, 5.41) is 6.45. The zero-order chi connectivity index (χ0) is 22.0. The molecular formula is C22H17Cl2N3O3S. The standard InChI is InChI=1S/C22H17Cl2N3O3S/c23-16-3-1-15(2-4-16)22-26-18(14-30-20-9-5-17(24)6-10-20)13-27(22)19-7-11-21(12-8-19)31(25,28)29/h1-13H,14H2,(H2,25,28,29). The van der Waals surface area contributed by atoms with Gasteiger partial charge in [0.1, 0.15) is 18.2 Å². The van der Waals surface area contributed by atoms with Crippen LogP contribution in [0, 0.1) is 0 Å². The molecule has 9 heteroatoms. The summed E-state index contributed by atoms with van der Waals surface area (Å²) in [5.41, 5.74) is 2.26. The number of benzene rings is 3. The van der Waals surface area contributed by atoms with Gasteiger partial charge >= 0.3 is 0 Å². The van der Waals surface area contributed by atoms with E-state index in [2.05, 4.69) is 0 Å². The fourth-order valence-corrected chi connectivity index (χ4v) is 3.75. The number of rotatable bonds is 6. The van der Waals surface area contributed by atoms with Crippen LogP contribution in [-0.4, -0.2) is 18.0 Å². The monoisotopic (exact) mass is 473 g/mol. The number of nitrogens with two attached hydrogens (primary N) is 1. The smallest absolute Gasteiger partial charge is 0.238 e. The lowest BCUT2D eigenvalue weighted by Gasteiger charge is -2.09. The van der Waals surface area contributed by atoms with Crippen molar-refractivity contribution in [2.45, 2.75) is 11.5 Å². The molecule has 0 amide bonds. The average Bonchev–Trinajstić information content (AvgIpc) is 3.18. The molecule has 0 fully saturated rings. The Morgan fingerprint density at radius 3 is 2.03 bits per heavy atom. The van der Waals surface area contributed by atoms with E-state index in [9.17, 15) is 8.42 Å². The van der Waals surface area contributed by atoms with Crippen molar-refractivity contribution in [1.29, 1.82) is 0 Å². The summed E-state index contributed by atoms with van der Waals surface area (Å²) < 4.78 is 30.8. The molecule has 0 saturated heterocycles. The van der Waals surface area contributed by atoms with Crippen LogP contribution in [-0.2, 0) is 16.6 Å². The predicted octanol–water partition coefficient (Wildman–Crippen LogP) is 5.07. The van der Waals surface area contributed by atoms with E-state index in [1.165, 1.54) is 12.1 Å². The number of sulfonamides is 1. The Kier molecular flexibility index (Phi) is 6.02. The van der Waals surface area contributed by atoms with Crippen molar-refractivity contribution in [3.8, 4) is 22.8 Å². The van der Waals surface area contributed by atoms with Gasteiger partial charge in [0.15, 0.2) is 0 Å². The average molecular weight is 474 g/mol. The van der Waals surface area contributed by atoms with Crippen molar-refractivity contribution in [3.05, 3.63) is 94.7 Å². The lowest BCUT2D eigenvalue weighted by atomic mass is 10.2. The van der Waals surface area contributed by atoms with Crippen LogP contribution in [0.3, 0.4) is 0 Å². The maximum Gasteiger partial charge on any atom is 0.238 e. The van der Waals surface area contributed by atoms with Crippen LogP contribution >= 0.6 is 23.2 Å². The Hall–Kier alpha value is -2.84. The highest BCUT2D eigenvalue weighted by atomic mass is 35.5. The Morgan fingerprint density at radius 2 is 1.45 bits per heavy atom. The summed E-state index contributed by atoms with van der Waals surface area (Å²) in [6, 6.07) is 20.6. The van der Waals surface area contributed by atoms with Crippen LogP contribution in [0.5, 0.6) is 5.75 Å². The molecule has 4 rings (SSSR count). The van der Waals surface area contributed by atoms with Crippen molar-refractivity contribution < 1.29 is 13.2 Å². The number of nitrogens with zero attached hydrogens (tertiary/aromatic N) is 2.